The summed E-state index contributed by atoms with van der Waals surface area (Å²) in [4.78, 5) is 40.3. The van der Waals surface area contributed by atoms with Crippen LogP contribution in [-0.2, 0) is 0 Å². The molecule has 15 nitrogen and oxygen atoms in total. The molecule has 0 atom stereocenters. The van der Waals surface area contributed by atoms with E-state index < -0.39 is 17.4 Å². The Morgan fingerprint density at radius 2 is 0.631 bits per heavy atom. The summed E-state index contributed by atoms with van der Waals surface area (Å²) in [5.74, 6) is 12.5. The van der Waals surface area contributed by atoms with Crippen LogP contribution in [-0.4, -0.2) is 57.2 Å². The third-order valence-corrected chi connectivity index (χ3v) is 23.7. The molecule has 25 rings (SSSR count). The maximum Gasteiger partial charge on any atom is 0.257 e. The third-order valence-electron chi connectivity index (χ3n) is 23.7. The van der Waals surface area contributed by atoms with Gasteiger partial charge in [0.2, 0.25) is 0 Å². The van der Waals surface area contributed by atoms with E-state index in [1.165, 1.54) is 19.3 Å². The van der Waals surface area contributed by atoms with Crippen molar-refractivity contribution in [3.63, 3.8) is 0 Å². The number of aromatic nitrogens is 8. The molecule has 20 bridgehead atoms. The third kappa shape index (κ3) is 5.98. The molecule has 3 aromatic heterocycles. The van der Waals surface area contributed by atoms with E-state index >= 15 is 0 Å². The fourth-order valence-corrected chi connectivity index (χ4v) is 20.7. The van der Waals surface area contributed by atoms with Gasteiger partial charge in [-0.2, -0.15) is 0 Å². The summed E-state index contributed by atoms with van der Waals surface area (Å²) in [6.45, 7) is 2.08. The topological polar surface area (TPSA) is 174 Å². The monoisotopic (exact) mass is 1110 g/mol. The van der Waals surface area contributed by atoms with Gasteiger partial charge in [-0.25, -0.2) is 29.9 Å². The van der Waals surface area contributed by atoms with Crippen molar-refractivity contribution in [1.82, 2.24) is 39.9 Å². The zero-order valence-corrected chi connectivity index (χ0v) is 46.6. The van der Waals surface area contributed by atoms with E-state index in [1.54, 1.807) is 0 Å². The fraction of sp³-hybridized carbons (Fsp3) is 0.449. The number of aromatic amines is 2. The maximum absolute atomic E-state index is 7.23. The van der Waals surface area contributed by atoms with Crippen LogP contribution in [0.4, 0.5) is 0 Å². The van der Waals surface area contributed by atoms with Crippen LogP contribution in [0.1, 0.15) is 102 Å². The van der Waals surface area contributed by atoms with Gasteiger partial charge in [0.05, 0.1) is 0 Å². The van der Waals surface area contributed by atoms with Crippen LogP contribution >= 0.6 is 0 Å². The average molecular weight is 1110 g/mol. The Labute approximate surface area is 482 Å². The van der Waals surface area contributed by atoms with Crippen LogP contribution in [0, 0.1) is 77.9 Å². The van der Waals surface area contributed by atoms with Gasteiger partial charge in [-0.3, -0.25) is 0 Å². The Kier molecular flexibility index (Phi) is 8.28. The van der Waals surface area contributed by atoms with E-state index in [-0.39, 0.29) is 0 Å². The van der Waals surface area contributed by atoms with E-state index in [9.17, 15) is 0 Å². The summed E-state index contributed by atoms with van der Waals surface area (Å²) in [5, 5.41) is 3.34. The van der Waals surface area contributed by atoms with Crippen molar-refractivity contribution in [2.24, 2.45) is 71.0 Å². The Hall–Kier alpha value is -7.94. The fourth-order valence-electron chi connectivity index (χ4n) is 20.7. The van der Waals surface area contributed by atoms with Crippen molar-refractivity contribution in [3.8, 4) is 91.5 Å². The van der Waals surface area contributed by atoms with Gasteiger partial charge >= 0.3 is 0 Å². The highest BCUT2D eigenvalue weighted by molar-refractivity contribution is 6.08. The number of rotatable bonds is 2. The molecule has 5 aliphatic heterocycles. The van der Waals surface area contributed by atoms with Crippen LogP contribution in [0.3, 0.4) is 0 Å². The molecule has 0 amide bonds. The lowest BCUT2D eigenvalue weighted by molar-refractivity contribution is -0.241. The minimum absolute atomic E-state index is 0.353. The number of hydrogen-bond donors (Lipinski definition) is 2. The lowest BCUT2D eigenvalue weighted by Crippen LogP contribution is -2.62. The lowest BCUT2D eigenvalue weighted by atomic mass is 9.53. The van der Waals surface area contributed by atoms with Crippen molar-refractivity contribution in [2.75, 3.05) is 0 Å². The Bertz CT molecular complexity index is 4450. The van der Waals surface area contributed by atoms with Crippen LogP contribution in [0.15, 0.2) is 78.9 Å². The number of fused-ring (bicyclic) bond motifs is 23. The van der Waals surface area contributed by atoms with Crippen LogP contribution < -0.4 is 33.2 Å². The molecular weight excluding hydrogens is 1050 g/mol. The standard InChI is InChI=1S/C69H60N8O7/c1-30-2-4-43(5-3-30)78-44-6-7-45-46(23-44)60-70-59(45)71-61-47-24-53-54(80-67(79-53)37-11-31-8-32(13-37)14-38(67)12-31)25-48(47)63(73-61)75-65-51-28-57-58(84-69(83-57)41-19-35-10-36(21-41)22-42(69)20-35)29-52(51)66(77-65)76-64-50-27-56-55(26-49(50)62(72-60)74-64)81-68(82-56)39-15-33-9-34(17-39)18-40(68)16-33/h2-7,23-29,31-42H,8-22H2,1H3,(H2,70,71,72,73,74,75,76,77). The van der Waals surface area contributed by atoms with Gasteiger partial charge in [0, 0.05) is 79.3 Å². The van der Waals surface area contributed by atoms with Crippen LogP contribution in [0.25, 0.3) is 89.7 Å². The molecule has 0 saturated heterocycles. The van der Waals surface area contributed by atoms with Gasteiger partial charge in [-0.05, 0) is 205 Å². The Morgan fingerprint density at radius 1 is 0.333 bits per heavy atom. The summed E-state index contributed by atoms with van der Waals surface area (Å²) in [6, 6.07) is 26.8. The molecule has 17 aliphatic rings. The van der Waals surface area contributed by atoms with Gasteiger partial charge in [-0.15, -0.1) is 0 Å². The second kappa shape index (κ2) is 15.3. The van der Waals surface area contributed by atoms with Crippen molar-refractivity contribution >= 4 is 44.1 Å². The second-order valence-electron chi connectivity index (χ2n) is 28.5. The molecule has 12 fully saturated rings. The molecule has 2 N–H and O–H groups in total. The van der Waals surface area contributed by atoms with Crippen molar-refractivity contribution in [3.05, 3.63) is 84.4 Å². The highest BCUT2D eigenvalue weighted by Crippen LogP contribution is 2.67. The van der Waals surface area contributed by atoms with Gasteiger partial charge in [0.15, 0.2) is 57.8 Å². The lowest BCUT2D eigenvalue weighted by Gasteiger charge is -2.57. The van der Waals surface area contributed by atoms with Gasteiger partial charge in [0.1, 0.15) is 34.1 Å². The predicted octanol–water partition coefficient (Wildman–Crippen LogP) is 14.7. The highest BCUT2D eigenvalue weighted by Gasteiger charge is 2.66. The number of nitrogens with one attached hydrogen (secondary N) is 2. The first-order valence-corrected chi connectivity index (χ1v) is 31.5. The SMILES string of the molecule is Cc1ccc(Oc2ccc3c(c2)-c2nc-3nc3[nH]c(nc4nc(nc5[nH]c(n2)c2cc6c(cc52)OC2(O6)C5CC6CC(C5)CC2C6)-c2cc5c(cc2-4)OC2(O5)C4CC5CC(C4)CC2C5)c2cc4c(cc32)OC2(O4)C3CC4CC(C3)CC2C4)cc1. The molecular formula is C69H60N8O7. The molecule has 5 aromatic carbocycles. The van der Waals surface area contributed by atoms with E-state index in [2.05, 4.69) is 65.4 Å². The van der Waals surface area contributed by atoms with Crippen molar-refractivity contribution in [2.45, 2.75) is 121 Å². The maximum atomic E-state index is 7.23. The van der Waals surface area contributed by atoms with Crippen LogP contribution in [0.2, 0.25) is 0 Å². The average Bonchev–Trinajstić information content (AvgIpc) is 3.44. The summed E-state index contributed by atoms with van der Waals surface area (Å²) in [6.07, 6.45) is 17.8. The molecule has 3 spiro atoms. The first kappa shape index (κ1) is 45.5. The molecule has 0 radical (unpaired) electrons. The minimum atomic E-state index is -0.666. The van der Waals surface area contributed by atoms with Gasteiger partial charge in [0.25, 0.3) is 17.4 Å². The number of aryl methyl sites for hydroxylation is 1. The van der Waals surface area contributed by atoms with E-state index in [1.807, 2.05) is 30.3 Å². The summed E-state index contributed by atoms with van der Waals surface area (Å²) >= 11 is 0. The zero-order chi connectivity index (χ0) is 54.3. The molecule has 418 valence electrons. The first-order valence-electron chi connectivity index (χ1n) is 31.5. The largest absolute Gasteiger partial charge is 0.457 e. The van der Waals surface area contributed by atoms with Gasteiger partial charge < -0.3 is 43.1 Å². The Morgan fingerprint density at radius 3 is 0.976 bits per heavy atom. The number of ether oxygens (including phenoxy) is 7. The highest BCUT2D eigenvalue weighted by atomic mass is 16.7. The molecule has 15 heteroatoms. The molecule has 0 unspecified atom stereocenters. The second-order valence-corrected chi connectivity index (χ2v) is 28.5. The van der Waals surface area contributed by atoms with Crippen LogP contribution in [0.5, 0.6) is 46.0 Å². The predicted molar refractivity (Wildman–Crippen MR) is 310 cm³/mol. The summed E-state index contributed by atoms with van der Waals surface area (Å²) < 4.78 is 49.9. The summed E-state index contributed by atoms with van der Waals surface area (Å²) in [5.41, 5.74) is 6.70. The van der Waals surface area contributed by atoms with Crippen molar-refractivity contribution < 1.29 is 33.2 Å². The number of H-pyrrole nitrogens is 2. The van der Waals surface area contributed by atoms with Gasteiger partial charge in [-0.1, -0.05) is 17.7 Å². The Balaban J connectivity index is 0.780. The number of hydrogen-bond acceptors (Lipinski definition) is 13. The minimum Gasteiger partial charge on any atom is -0.457 e. The van der Waals surface area contributed by atoms with E-state index in [0.717, 1.165) is 202 Å². The molecule has 8 heterocycles. The number of benzene rings is 5. The zero-order valence-electron chi connectivity index (χ0n) is 46.6. The normalized spacial score (nSPS) is 35.2. The molecule has 8 aromatic rings. The molecule has 12 aliphatic carbocycles. The molecule has 12 saturated carbocycles. The smallest absolute Gasteiger partial charge is 0.257 e. The molecule has 84 heavy (non-hydrogen) atoms. The number of nitrogens with zero attached hydrogens (tertiary/aromatic N) is 6. The summed E-state index contributed by atoms with van der Waals surface area (Å²) in [7, 11) is 0. The van der Waals surface area contributed by atoms with E-state index in [0.29, 0.717) is 87.1 Å². The van der Waals surface area contributed by atoms with E-state index in [4.69, 9.17) is 63.1 Å². The quantitative estimate of drug-likeness (QED) is 0.168. The van der Waals surface area contributed by atoms with Crippen molar-refractivity contribution in [1.29, 1.82) is 0 Å². The first-order chi connectivity index (χ1) is 41.1.